The molecule has 1 unspecified atom stereocenters. The molecular weight excluding hydrogens is 138 g/mol. The summed E-state index contributed by atoms with van der Waals surface area (Å²) in [6.45, 7) is 3.38. The largest absolute Gasteiger partial charge is 0.325 e. The summed E-state index contributed by atoms with van der Waals surface area (Å²) in [5.41, 5.74) is 4.84. The lowest BCUT2D eigenvalue weighted by Gasteiger charge is -2.17. The first-order valence-electron chi connectivity index (χ1n) is 2.57. The Bertz CT molecular complexity index is 176. The second-order valence-corrected chi connectivity index (χ2v) is 4.74. The third-order valence-electron chi connectivity index (χ3n) is 0.598. The molecule has 0 bridgehead atoms. The summed E-state index contributed by atoms with van der Waals surface area (Å²) in [7, 11) is -2.91. The van der Waals surface area contributed by atoms with Gasteiger partial charge in [0.15, 0.2) is 0 Å². The molecule has 0 fully saturated rings. The molecule has 56 valence electrons. The van der Waals surface area contributed by atoms with Crippen molar-refractivity contribution in [1.82, 2.24) is 0 Å². The van der Waals surface area contributed by atoms with Crippen LogP contribution in [0.25, 0.3) is 0 Å². The zero-order valence-corrected chi connectivity index (χ0v) is 6.57. The Morgan fingerprint density at radius 1 is 1.78 bits per heavy atom. The molecule has 0 spiro atoms. The standard InChI is InChI=1S/C5H13NO2S/c1-5(2,6)4-9(3,7)8/h3-4,6H2,1-2H3,(H,7,8). The number of hydrogen-bond acceptors (Lipinski definition) is 2. The first-order valence-corrected chi connectivity index (χ1v) is 4.42. The van der Waals surface area contributed by atoms with E-state index in [1.54, 1.807) is 13.8 Å². The average molecular weight is 151 g/mol. The molecule has 0 aliphatic rings. The minimum atomic E-state index is -2.91. The molecule has 0 aromatic carbocycles. The van der Waals surface area contributed by atoms with E-state index in [2.05, 4.69) is 5.87 Å². The van der Waals surface area contributed by atoms with Gasteiger partial charge in [-0.1, -0.05) is 0 Å². The van der Waals surface area contributed by atoms with Gasteiger partial charge >= 0.3 is 0 Å². The van der Waals surface area contributed by atoms with Gasteiger partial charge in [0.2, 0.25) is 0 Å². The monoisotopic (exact) mass is 151 g/mol. The summed E-state index contributed by atoms with van der Waals surface area (Å²) in [4.78, 5) is 0. The van der Waals surface area contributed by atoms with Crippen molar-refractivity contribution in [3.63, 3.8) is 0 Å². The highest BCUT2D eigenvalue weighted by molar-refractivity contribution is 7.95. The molecule has 0 aliphatic heterocycles. The van der Waals surface area contributed by atoms with Crippen LogP contribution in [0.2, 0.25) is 0 Å². The van der Waals surface area contributed by atoms with Gasteiger partial charge in [0, 0.05) is 5.54 Å². The molecule has 0 heterocycles. The number of nitrogens with two attached hydrogens (primary N) is 1. The molecular formula is C5H13NO2S. The predicted octanol–water partition coefficient (Wildman–Crippen LogP) is -0.0869. The highest BCUT2D eigenvalue weighted by atomic mass is 32.2. The number of hydrogen-bond donors (Lipinski definition) is 2. The van der Waals surface area contributed by atoms with E-state index in [0.29, 0.717) is 0 Å². The van der Waals surface area contributed by atoms with E-state index >= 15 is 0 Å². The molecule has 1 atom stereocenters. The SMILES string of the molecule is C=S(=O)(O)CC(C)(C)N. The van der Waals surface area contributed by atoms with E-state index in [4.69, 9.17) is 10.3 Å². The Kier molecular flexibility index (Phi) is 2.27. The molecule has 0 aromatic heterocycles. The van der Waals surface area contributed by atoms with Crippen molar-refractivity contribution in [2.75, 3.05) is 5.75 Å². The number of rotatable bonds is 2. The molecule has 9 heavy (non-hydrogen) atoms. The Morgan fingerprint density at radius 3 is 2.11 bits per heavy atom. The minimum Gasteiger partial charge on any atom is -0.325 e. The van der Waals surface area contributed by atoms with Crippen molar-refractivity contribution in [3.05, 3.63) is 0 Å². The van der Waals surface area contributed by atoms with Gasteiger partial charge in [0.1, 0.15) is 0 Å². The fourth-order valence-corrected chi connectivity index (χ4v) is 1.74. The van der Waals surface area contributed by atoms with Crippen molar-refractivity contribution in [1.29, 1.82) is 0 Å². The molecule has 3 N–H and O–H groups in total. The Labute approximate surface area is 56.1 Å². The van der Waals surface area contributed by atoms with E-state index in [0.717, 1.165) is 0 Å². The molecule has 0 saturated carbocycles. The summed E-state index contributed by atoms with van der Waals surface area (Å²) >= 11 is 0. The highest BCUT2D eigenvalue weighted by Crippen LogP contribution is 1.99. The van der Waals surface area contributed by atoms with Crippen LogP contribution in [0.15, 0.2) is 0 Å². The zero-order valence-electron chi connectivity index (χ0n) is 5.76. The molecule has 3 nitrogen and oxygen atoms in total. The van der Waals surface area contributed by atoms with Gasteiger partial charge in [-0.25, -0.2) is 4.21 Å². The quantitative estimate of drug-likeness (QED) is 0.542. The molecule has 0 radical (unpaired) electrons. The van der Waals surface area contributed by atoms with Crippen molar-refractivity contribution in [3.8, 4) is 0 Å². The highest BCUT2D eigenvalue weighted by Gasteiger charge is 2.14. The lowest BCUT2D eigenvalue weighted by atomic mass is 10.1. The second kappa shape index (κ2) is 2.28. The normalized spacial score (nSPS) is 19.1. The van der Waals surface area contributed by atoms with Gasteiger partial charge in [0.05, 0.1) is 15.6 Å². The van der Waals surface area contributed by atoms with Gasteiger partial charge in [-0.15, -0.1) is 0 Å². The average Bonchev–Trinajstić information content (AvgIpc) is 1.14. The van der Waals surface area contributed by atoms with Crippen LogP contribution in [0, 0.1) is 0 Å². The minimum absolute atomic E-state index is 0.0417. The zero-order chi connectivity index (χ0) is 7.71. The lowest BCUT2D eigenvalue weighted by molar-refractivity contribution is 0.520. The van der Waals surface area contributed by atoms with Gasteiger partial charge < -0.3 is 10.3 Å². The van der Waals surface area contributed by atoms with Gasteiger partial charge in [-0.05, 0) is 19.7 Å². The Morgan fingerprint density at radius 2 is 2.11 bits per heavy atom. The predicted molar refractivity (Wildman–Crippen MR) is 41.0 cm³/mol. The van der Waals surface area contributed by atoms with Crippen molar-refractivity contribution in [2.45, 2.75) is 19.4 Å². The van der Waals surface area contributed by atoms with Gasteiger partial charge in [-0.3, -0.25) is 0 Å². The molecule has 4 heteroatoms. The summed E-state index contributed by atoms with van der Waals surface area (Å²) in [6.07, 6.45) is 0. The Balaban J connectivity index is 4.07. The Hall–Kier alpha value is -0.0600. The maximum absolute atomic E-state index is 10.6. The smallest absolute Gasteiger partial charge is 0.0764 e. The van der Waals surface area contributed by atoms with Crippen molar-refractivity contribution >= 4 is 15.7 Å². The van der Waals surface area contributed by atoms with E-state index in [1.807, 2.05) is 0 Å². The van der Waals surface area contributed by atoms with Crippen LogP contribution in [0.3, 0.4) is 0 Å². The molecule has 0 aromatic rings. The van der Waals surface area contributed by atoms with Crippen molar-refractivity contribution in [2.24, 2.45) is 5.73 Å². The van der Waals surface area contributed by atoms with Gasteiger partial charge in [-0.2, -0.15) is 0 Å². The van der Waals surface area contributed by atoms with Crippen molar-refractivity contribution < 1.29 is 8.76 Å². The lowest BCUT2D eigenvalue weighted by Crippen LogP contribution is -2.39. The molecule has 0 rings (SSSR count). The van der Waals surface area contributed by atoms with Crippen LogP contribution < -0.4 is 5.73 Å². The second-order valence-electron chi connectivity index (χ2n) is 2.91. The molecule has 0 aliphatic carbocycles. The summed E-state index contributed by atoms with van der Waals surface area (Å²) in [5.74, 6) is 3.10. The molecule has 0 amide bonds. The fourth-order valence-electron chi connectivity index (χ4n) is 0.581. The van der Waals surface area contributed by atoms with E-state index in [-0.39, 0.29) is 5.75 Å². The van der Waals surface area contributed by atoms with Crippen LogP contribution >= 0.6 is 0 Å². The topological polar surface area (TPSA) is 63.3 Å². The van der Waals surface area contributed by atoms with Crippen LogP contribution in [0.1, 0.15) is 13.8 Å². The van der Waals surface area contributed by atoms with Crippen LogP contribution in [0.5, 0.6) is 0 Å². The van der Waals surface area contributed by atoms with E-state index in [1.165, 1.54) is 0 Å². The van der Waals surface area contributed by atoms with Crippen LogP contribution in [0.4, 0.5) is 0 Å². The van der Waals surface area contributed by atoms with E-state index < -0.39 is 15.3 Å². The first kappa shape index (κ1) is 8.94. The van der Waals surface area contributed by atoms with Crippen LogP contribution in [-0.4, -0.2) is 25.9 Å². The maximum atomic E-state index is 10.6. The third kappa shape index (κ3) is 7.94. The summed E-state index contributed by atoms with van der Waals surface area (Å²) < 4.78 is 19.3. The van der Waals surface area contributed by atoms with E-state index in [9.17, 15) is 4.21 Å². The third-order valence-corrected chi connectivity index (χ3v) is 1.79. The molecule has 0 saturated heterocycles. The van der Waals surface area contributed by atoms with Crippen LogP contribution in [-0.2, 0) is 9.80 Å². The van der Waals surface area contributed by atoms with Gasteiger partial charge in [0.25, 0.3) is 0 Å². The first-order chi connectivity index (χ1) is 3.71. The summed E-state index contributed by atoms with van der Waals surface area (Å²) in [5, 5.41) is 0. The fraction of sp³-hybridized carbons (Fsp3) is 0.800. The maximum Gasteiger partial charge on any atom is 0.0764 e. The summed E-state index contributed by atoms with van der Waals surface area (Å²) in [6, 6.07) is 0.